The molecule has 4 heteroatoms. The van der Waals surface area contributed by atoms with E-state index in [0.717, 1.165) is 14.5 Å². The summed E-state index contributed by atoms with van der Waals surface area (Å²) in [6.45, 7) is 4.18. The van der Waals surface area contributed by atoms with Crippen LogP contribution in [-0.4, -0.2) is 0 Å². The summed E-state index contributed by atoms with van der Waals surface area (Å²) in [5.74, 6) is 0. The van der Waals surface area contributed by atoms with E-state index in [1.54, 1.807) is 11.3 Å². The number of alkyl halides is 1. The number of aryl methyl sites for hydroxylation is 2. The van der Waals surface area contributed by atoms with Crippen LogP contribution in [0.2, 0.25) is 0 Å². The van der Waals surface area contributed by atoms with Gasteiger partial charge in [-0.15, -0.1) is 22.9 Å². The van der Waals surface area contributed by atoms with E-state index in [-0.39, 0.29) is 5.38 Å². The van der Waals surface area contributed by atoms with Crippen LogP contribution >= 0.6 is 54.8 Å². The molecule has 90 valence electrons. The fourth-order valence-corrected chi connectivity index (χ4v) is 4.72. The monoisotopic (exact) mass is 392 g/mol. The van der Waals surface area contributed by atoms with Crippen LogP contribution in [0, 0.1) is 13.8 Å². The van der Waals surface area contributed by atoms with Gasteiger partial charge in [-0.25, -0.2) is 0 Å². The topological polar surface area (TPSA) is 0 Å². The van der Waals surface area contributed by atoms with Gasteiger partial charge in [0.25, 0.3) is 0 Å². The first-order valence-corrected chi connectivity index (χ1v) is 7.99. The lowest BCUT2D eigenvalue weighted by molar-refractivity contribution is 1.13. The Morgan fingerprint density at radius 1 is 1.18 bits per heavy atom. The molecule has 0 nitrogen and oxygen atoms in total. The molecule has 1 atom stereocenters. The lowest BCUT2D eigenvalue weighted by Gasteiger charge is -2.12. The predicted octanol–water partition coefficient (Wildman–Crippen LogP) is 6.22. The summed E-state index contributed by atoms with van der Waals surface area (Å²) in [5, 5.41) is -0.0869. The third-order valence-corrected chi connectivity index (χ3v) is 5.68. The van der Waals surface area contributed by atoms with Crippen LogP contribution in [0.5, 0.6) is 0 Å². The average molecular weight is 395 g/mol. The van der Waals surface area contributed by atoms with Crippen molar-refractivity contribution in [2.75, 3.05) is 0 Å². The predicted molar refractivity (Wildman–Crippen MR) is 83.3 cm³/mol. The molecule has 0 amide bonds. The van der Waals surface area contributed by atoms with Gasteiger partial charge in [0.1, 0.15) is 0 Å². The van der Waals surface area contributed by atoms with Gasteiger partial charge in [-0.1, -0.05) is 22.0 Å². The summed E-state index contributed by atoms with van der Waals surface area (Å²) in [4.78, 5) is 2.45. The fraction of sp³-hybridized carbons (Fsp3) is 0.231. The van der Waals surface area contributed by atoms with Gasteiger partial charge >= 0.3 is 0 Å². The summed E-state index contributed by atoms with van der Waals surface area (Å²) < 4.78 is 2.19. The summed E-state index contributed by atoms with van der Waals surface area (Å²) in [6.07, 6.45) is 0. The van der Waals surface area contributed by atoms with Crippen molar-refractivity contribution in [1.82, 2.24) is 0 Å². The highest BCUT2D eigenvalue weighted by molar-refractivity contribution is 9.10. The molecule has 0 saturated heterocycles. The van der Waals surface area contributed by atoms with Crippen molar-refractivity contribution in [2.24, 2.45) is 0 Å². The zero-order chi connectivity index (χ0) is 12.6. The molecule has 1 aromatic heterocycles. The highest BCUT2D eigenvalue weighted by Crippen LogP contribution is 2.40. The SMILES string of the molecule is Cc1cc(Br)c(C(Cl)c2ccc(Br)cc2C)s1. The summed E-state index contributed by atoms with van der Waals surface area (Å²) in [7, 11) is 0. The molecule has 0 radical (unpaired) electrons. The first-order chi connectivity index (χ1) is 7.99. The minimum Gasteiger partial charge on any atom is -0.143 e. The molecule has 1 unspecified atom stereocenters. The van der Waals surface area contributed by atoms with E-state index in [1.165, 1.54) is 15.3 Å². The molecule has 0 spiro atoms. The van der Waals surface area contributed by atoms with Crippen LogP contribution in [0.25, 0.3) is 0 Å². The zero-order valence-electron chi connectivity index (χ0n) is 9.43. The molecule has 0 aliphatic carbocycles. The van der Waals surface area contributed by atoms with Crippen LogP contribution < -0.4 is 0 Å². The standard InChI is InChI=1S/C13H11Br2ClS/c1-7-5-9(14)3-4-10(7)12(16)13-11(15)6-8(2)17-13/h3-6,12H,1-2H3. The number of thiophene rings is 1. The Morgan fingerprint density at radius 2 is 1.88 bits per heavy atom. The zero-order valence-corrected chi connectivity index (χ0v) is 14.2. The molecule has 0 N–H and O–H groups in total. The third-order valence-electron chi connectivity index (χ3n) is 2.57. The Morgan fingerprint density at radius 3 is 2.41 bits per heavy atom. The lowest BCUT2D eigenvalue weighted by Crippen LogP contribution is -1.94. The highest BCUT2D eigenvalue weighted by Gasteiger charge is 2.18. The molecule has 0 aliphatic heterocycles. The molecule has 17 heavy (non-hydrogen) atoms. The van der Waals surface area contributed by atoms with Crippen LogP contribution in [0.1, 0.15) is 26.3 Å². The molecular formula is C13H11Br2ClS. The van der Waals surface area contributed by atoms with E-state index >= 15 is 0 Å². The van der Waals surface area contributed by atoms with Crippen molar-refractivity contribution in [2.45, 2.75) is 19.2 Å². The number of rotatable bonds is 2. The first-order valence-electron chi connectivity index (χ1n) is 5.15. The van der Waals surface area contributed by atoms with Crippen molar-refractivity contribution in [1.29, 1.82) is 0 Å². The van der Waals surface area contributed by atoms with Crippen molar-refractivity contribution >= 4 is 54.8 Å². The summed E-state index contributed by atoms with van der Waals surface area (Å²) in [6, 6.07) is 8.33. The highest BCUT2D eigenvalue weighted by atomic mass is 79.9. The number of hydrogen-bond donors (Lipinski definition) is 0. The Balaban J connectivity index is 2.43. The van der Waals surface area contributed by atoms with Gasteiger partial charge in [-0.05, 0) is 59.1 Å². The molecule has 2 aromatic rings. The van der Waals surface area contributed by atoms with Gasteiger partial charge < -0.3 is 0 Å². The van der Waals surface area contributed by atoms with Crippen LogP contribution in [-0.2, 0) is 0 Å². The molecule has 1 heterocycles. The van der Waals surface area contributed by atoms with Crippen molar-refractivity contribution in [3.05, 3.63) is 54.1 Å². The Kier molecular flexibility index (Phi) is 4.35. The minimum absolute atomic E-state index is 0.0869. The van der Waals surface area contributed by atoms with E-state index in [4.69, 9.17) is 11.6 Å². The Bertz CT molecular complexity index is 548. The number of benzene rings is 1. The Hall–Kier alpha value is 0.170. The minimum atomic E-state index is -0.0869. The smallest absolute Gasteiger partial charge is 0.0941 e. The number of hydrogen-bond acceptors (Lipinski definition) is 1. The maximum absolute atomic E-state index is 6.57. The van der Waals surface area contributed by atoms with Gasteiger partial charge in [0.15, 0.2) is 0 Å². The van der Waals surface area contributed by atoms with Crippen molar-refractivity contribution in [3.63, 3.8) is 0 Å². The van der Waals surface area contributed by atoms with Gasteiger partial charge in [0.2, 0.25) is 0 Å². The van der Waals surface area contributed by atoms with E-state index < -0.39 is 0 Å². The number of halogens is 3. The van der Waals surface area contributed by atoms with Gasteiger partial charge in [-0.2, -0.15) is 0 Å². The molecule has 0 fully saturated rings. The van der Waals surface area contributed by atoms with Crippen LogP contribution in [0.15, 0.2) is 33.2 Å². The largest absolute Gasteiger partial charge is 0.143 e. The van der Waals surface area contributed by atoms with E-state index in [0.29, 0.717) is 0 Å². The second-order valence-electron chi connectivity index (χ2n) is 3.93. The Labute approximate surface area is 127 Å². The summed E-state index contributed by atoms with van der Waals surface area (Å²) in [5.41, 5.74) is 2.37. The lowest BCUT2D eigenvalue weighted by atomic mass is 10.0. The second-order valence-corrected chi connectivity index (χ2v) is 7.43. The van der Waals surface area contributed by atoms with E-state index in [1.807, 2.05) is 6.07 Å². The molecular weight excluding hydrogens is 383 g/mol. The molecule has 2 rings (SSSR count). The van der Waals surface area contributed by atoms with E-state index in [9.17, 15) is 0 Å². The quantitative estimate of drug-likeness (QED) is 0.531. The van der Waals surface area contributed by atoms with Crippen LogP contribution in [0.3, 0.4) is 0 Å². The van der Waals surface area contributed by atoms with Gasteiger partial charge in [0, 0.05) is 18.7 Å². The molecule has 1 aromatic carbocycles. The normalized spacial score (nSPS) is 12.8. The fourth-order valence-electron chi connectivity index (χ4n) is 1.74. The van der Waals surface area contributed by atoms with Crippen molar-refractivity contribution in [3.8, 4) is 0 Å². The first kappa shape index (κ1) is 13.6. The average Bonchev–Trinajstić information content (AvgIpc) is 2.57. The maximum Gasteiger partial charge on any atom is 0.0941 e. The van der Waals surface area contributed by atoms with E-state index in [2.05, 4.69) is 63.9 Å². The van der Waals surface area contributed by atoms with Gasteiger partial charge in [0.05, 0.1) is 5.38 Å². The molecule has 0 aliphatic rings. The second kappa shape index (κ2) is 5.43. The molecule has 0 bridgehead atoms. The summed E-state index contributed by atoms with van der Waals surface area (Å²) >= 11 is 15.4. The maximum atomic E-state index is 6.57. The van der Waals surface area contributed by atoms with Gasteiger partial charge in [-0.3, -0.25) is 0 Å². The van der Waals surface area contributed by atoms with Crippen molar-refractivity contribution < 1.29 is 0 Å². The molecule has 0 saturated carbocycles. The third kappa shape index (κ3) is 2.95. The van der Waals surface area contributed by atoms with Crippen LogP contribution in [0.4, 0.5) is 0 Å².